The van der Waals surface area contributed by atoms with Crippen molar-refractivity contribution in [2.45, 2.75) is 39.0 Å². The van der Waals surface area contributed by atoms with Gasteiger partial charge in [0, 0.05) is 23.0 Å². The first-order valence-corrected chi connectivity index (χ1v) is 9.89. The highest BCUT2D eigenvalue weighted by Crippen LogP contribution is 2.36. The van der Waals surface area contributed by atoms with E-state index in [1.54, 1.807) is 6.07 Å². The predicted octanol–water partition coefficient (Wildman–Crippen LogP) is 1.92. The van der Waals surface area contributed by atoms with Crippen LogP contribution in [0, 0.1) is 17.7 Å². The van der Waals surface area contributed by atoms with Crippen LogP contribution in [0.2, 0.25) is 0 Å². The Morgan fingerprint density at radius 2 is 2.10 bits per heavy atom. The Kier molecular flexibility index (Phi) is 6.71. The van der Waals surface area contributed by atoms with Crippen LogP contribution in [0.3, 0.4) is 0 Å². The van der Waals surface area contributed by atoms with Gasteiger partial charge in [-0.3, -0.25) is 9.59 Å². The molecule has 0 aliphatic carbocycles. The molecule has 0 spiro atoms. The molecule has 1 aromatic carbocycles. The molecule has 0 saturated heterocycles. The zero-order valence-corrected chi connectivity index (χ0v) is 17.4. The number of rotatable bonds is 6. The number of aromatic nitrogens is 1. The van der Waals surface area contributed by atoms with Crippen molar-refractivity contribution in [3.8, 4) is 11.8 Å². The number of amides is 1. The number of Topliss-reactive ketones (excluding diaryl/α,β-unsaturated/α-hetero) is 1. The average molecular weight is 425 g/mol. The number of aliphatic hydroxyl groups excluding tert-OH is 2. The Morgan fingerprint density at radius 1 is 1.35 bits per heavy atom. The molecule has 3 atom stereocenters. The van der Waals surface area contributed by atoms with Gasteiger partial charge in [0.1, 0.15) is 11.9 Å². The maximum Gasteiger partial charge on any atom is 0.256 e. The molecule has 162 valence electrons. The number of H-pyrrole nitrogens is 1. The molecular formula is C23H24FN3O4. The molecule has 3 rings (SSSR count). The summed E-state index contributed by atoms with van der Waals surface area (Å²) < 4.78 is 14.7. The lowest BCUT2D eigenvalue weighted by Crippen LogP contribution is -2.46. The minimum atomic E-state index is -1.26. The van der Waals surface area contributed by atoms with Crippen molar-refractivity contribution < 1.29 is 24.2 Å². The van der Waals surface area contributed by atoms with Gasteiger partial charge in [-0.15, -0.1) is 0 Å². The van der Waals surface area contributed by atoms with E-state index in [-0.39, 0.29) is 22.5 Å². The van der Waals surface area contributed by atoms with Crippen LogP contribution in [0.1, 0.15) is 48.0 Å². The number of ketones is 1. The van der Waals surface area contributed by atoms with Crippen molar-refractivity contribution >= 4 is 29.0 Å². The van der Waals surface area contributed by atoms with Crippen molar-refractivity contribution in [1.29, 1.82) is 0 Å². The topological polar surface area (TPSA) is 114 Å². The van der Waals surface area contributed by atoms with Crippen LogP contribution in [-0.2, 0) is 4.79 Å². The monoisotopic (exact) mass is 425 g/mol. The van der Waals surface area contributed by atoms with Crippen LogP contribution in [0.4, 0.5) is 10.1 Å². The molecule has 8 heteroatoms. The van der Waals surface area contributed by atoms with Crippen LogP contribution in [0.15, 0.2) is 24.4 Å². The van der Waals surface area contributed by atoms with Gasteiger partial charge in [-0.2, -0.15) is 0 Å². The molecule has 1 aliphatic rings. The van der Waals surface area contributed by atoms with Gasteiger partial charge >= 0.3 is 0 Å². The molecule has 5 N–H and O–H groups in total. The number of aliphatic hydroxyl groups is 2. The van der Waals surface area contributed by atoms with E-state index in [9.17, 15) is 24.2 Å². The van der Waals surface area contributed by atoms with Crippen molar-refractivity contribution in [1.82, 2.24) is 10.3 Å². The van der Waals surface area contributed by atoms with E-state index >= 15 is 0 Å². The predicted molar refractivity (Wildman–Crippen MR) is 116 cm³/mol. The number of carbonyl (C=O) groups is 2. The fourth-order valence-corrected chi connectivity index (χ4v) is 3.40. The molecule has 1 aromatic heterocycles. The minimum Gasteiger partial charge on any atom is -0.392 e. The number of carbonyl (C=O) groups excluding carboxylic acids is 2. The lowest BCUT2D eigenvalue weighted by atomic mass is 9.98. The van der Waals surface area contributed by atoms with Gasteiger partial charge in [0.25, 0.3) is 5.91 Å². The van der Waals surface area contributed by atoms with Gasteiger partial charge in [-0.05, 0) is 44.7 Å². The van der Waals surface area contributed by atoms with Crippen LogP contribution in [0.25, 0.3) is 11.6 Å². The van der Waals surface area contributed by atoms with Crippen LogP contribution >= 0.6 is 0 Å². The number of halogens is 1. The highest BCUT2D eigenvalue weighted by atomic mass is 19.1. The van der Waals surface area contributed by atoms with Gasteiger partial charge in [0.2, 0.25) is 0 Å². The standard InChI is InChI=1S/C23H24FN3O4/c1-4-25-22(13(3)29)20(30)8-5-16-18(24)6-7-19-21(16)17(23(31)27-19)10-15-9-14(11-26-15)12(2)28/h6-7,9-11,13,20,22,25-26,29-30H,4H2,1-3H3,(H,27,31)/t13-,20-,22+/m1/s1. The first-order valence-electron chi connectivity index (χ1n) is 9.89. The lowest BCUT2D eigenvalue weighted by Gasteiger charge is -2.22. The summed E-state index contributed by atoms with van der Waals surface area (Å²) in [6, 6.07) is 3.52. The zero-order valence-electron chi connectivity index (χ0n) is 17.4. The largest absolute Gasteiger partial charge is 0.392 e. The maximum absolute atomic E-state index is 14.7. The molecule has 31 heavy (non-hydrogen) atoms. The smallest absolute Gasteiger partial charge is 0.256 e. The fraction of sp³-hybridized carbons (Fsp3) is 0.304. The highest BCUT2D eigenvalue weighted by molar-refractivity contribution is 6.35. The van der Waals surface area contributed by atoms with E-state index in [1.807, 2.05) is 6.92 Å². The van der Waals surface area contributed by atoms with E-state index in [0.29, 0.717) is 23.5 Å². The SMILES string of the molecule is CCN[C@H]([C@H](O)C#Cc1c(F)ccc2c1C(=Cc1cc(C(C)=O)c[nH]1)C(=O)N2)[C@@H](C)O. The third kappa shape index (κ3) is 4.75. The van der Waals surface area contributed by atoms with Gasteiger partial charge in [0.05, 0.1) is 29.0 Å². The van der Waals surface area contributed by atoms with Crippen LogP contribution in [-0.4, -0.2) is 51.7 Å². The first-order chi connectivity index (χ1) is 14.7. The van der Waals surface area contributed by atoms with E-state index in [2.05, 4.69) is 27.5 Å². The number of hydrogen-bond donors (Lipinski definition) is 5. The lowest BCUT2D eigenvalue weighted by molar-refractivity contribution is -0.110. The van der Waals surface area contributed by atoms with E-state index in [0.717, 1.165) is 0 Å². The zero-order chi connectivity index (χ0) is 22.7. The number of likely N-dealkylation sites (N-methyl/N-ethyl adjacent to an activating group) is 1. The summed E-state index contributed by atoms with van der Waals surface area (Å²) in [6.45, 7) is 5.28. The number of nitrogens with one attached hydrogen (secondary N) is 3. The Hall–Kier alpha value is -3.25. The summed E-state index contributed by atoms with van der Waals surface area (Å²) in [6.07, 6.45) is 0.917. The molecule has 0 radical (unpaired) electrons. The molecule has 0 unspecified atom stereocenters. The summed E-state index contributed by atoms with van der Waals surface area (Å²) in [5.74, 6) is 4.02. The van der Waals surface area contributed by atoms with Crippen LogP contribution < -0.4 is 10.6 Å². The molecule has 0 saturated carbocycles. The van der Waals surface area contributed by atoms with Crippen molar-refractivity contribution in [2.24, 2.45) is 0 Å². The molecule has 2 aromatic rings. The molecule has 1 amide bonds. The van der Waals surface area contributed by atoms with Crippen molar-refractivity contribution in [3.63, 3.8) is 0 Å². The Morgan fingerprint density at radius 3 is 2.71 bits per heavy atom. The molecule has 0 fully saturated rings. The first kappa shape index (κ1) is 22.4. The maximum atomic E-state index is 14.7. The number of hydrogen-bond acceptors (Lipinski definition) is 5. The summed E-state index contributed by atoms with van der Waals surface area (Å²) in [7, 11) is 0. The Labute approximate surface area is 179 Å². The summed E-state index contributed by atoms with van der Waals surface area (Å²) in [5.41, 5.74) is 1.78. The second-order valence-electron chi connectivity index (χ2n) is 7.30. The third-order valence-corrected chi connectivity index (χ3v) is 4.97. The normalized spacial score (nSPS) is 16.8. The number of aromatic amines is 1. The Bertz CT molecular complexity index is 1110. The van der Waals surface area contributed by atoms with Gasteiger partial charge in [-0.25, -0.2) is 4.39 Å². The van der Waals surface area contributed by atoms with Gasteiger partial charge < -0.3 is 25.8 Å². The summed E-state index contributed by atoms with van der Waals surface area (Å²) in [5, 5.41) is 25.8. The summed E-state index contributed by atoms with van der Waals surface area (Å²) >= 11 is 0. The van der Waals surface area contributed by atoms with Crippen molar-refractivity contribution in [3.05, 3.63) is 52.6 Å². The average Bonchev–Trinajstić information content (AvgIpc) is 3.30. The molecule has 7 nitrogen and oxygen atoms in total. The number of anilines is 1. The minimum absolute atomic E-state index is 0.0414. The van der Waals surface area contributed by atoms with E-state index in [1.165, 1.54) is 38.3 Å². The Balaban J connectivity index is 2.04. The van der Waals surface area contributed by atoms with Gasteiger partial charge in [-0.1, -0.05) is 18.8 Å². The quantitative estimate of drug-likeness (QED) is 0.276. The highest BCUT2D eigenvalue weighted by Gasteiger charge is 2.29. The second kappa shape index (κ2) is 9.27. The second-order valence-corrected chi connectivity index (χ2v) is 7.30. The van der Waals surface area contributed by atoms with E-state index in [4.69, 9.17) is 0 Å². The molecule has 2 heterocycles. The third-order valence-electron chi connectivity index (χ3n) is 4.97. The fourth-order valence-electron chi connectivity index (χ4n) is 3.40. The number of fused-ring (bicyclic) bond motifs is 1. The number of benzene rings is 1. The molecule has 1 aliphatic heterocycles. The van der Waals surface area contributed by atoms with E-state index < -0.39 is 30.0 Å². The van der Waals surface area contributed by atoms with Crippen molar-refractivity contribution in [2.75, 3.05) is 11.9 Å². The van der Waals surface area contributed by atoms with Crippen LogP contribution in [0.5, 0.6) is 0 Å². The van der Waals surface area contributed by atoms with Gasteiger partial charge in [0.15, 0.2) is 5.78 Å². The summed E-state index contributed by atoms with van der Waals surface area (Å²) in [4.78, 5) is 27.0. The molecular weight excluding hydrogens is 401 g/mol. The molecule has 0 bridgehead atoms.